The number of halogens is 3. The number of ether oxygens (including phenoxy) is 1. The van der Waals surface area contributed by atoms with Crippen LogP contribution >= 0.6 is 23.2 Å². The van der Waals surface area contributed by atoms with E-state index in [9.17, 15) is 14.0 Å². The van der Waals surface area contributed by atoms with Gasteiger partial charge in [0.05, 0.1) is 29.5 Å². The van der Waals surface area contributed by atoms with Crippen molar-refractivity contribution in [1.82, 2.24) is 9.80 Å². The van der Waals surface area contributed by atoms with E-state index in [1.807, 2.05) is 9.80 Å². The maximum absolute atomic E-state index is 13.6. The number of nitrogens with zero attached hydrogens (tertiary/aromatic N) is 2. The van der Waals surface area contributed by atoms with Gasteiger partial charge >= 0.3 is 5.97 Å². The van der Waals surface area contributed by atoms with Crippen LogP contribution in [0.15, 0.2) is 18.2 Å². The number of methoxy groups -OCH3 is 1. The minimum absolute atomic E-state index is 0.0253. The molecule has 8 heteroatoms. The van der Waals surface area contributed by atoms with Crippen LogP contribution in [0.3, 0.4) is 0 Å². The number of alkyl halides is 1. The Bertz CT molecular complexity index is 733. The molecule has 2 saturated heterocycles. The zero-order chi connectivity index (χ0) is 20.3. The molecule has 0 spiro atoms. The van der Waals surface area contributed by atoms with E-state index in [0.29, 0.717) is 55.5 Å². The van der Waals surface area contributed by atoms with Gasteiger partial charge in [0.15, 0.2) is 0 Å². The van der Waals surface area contributed by atoms with E-state index >= 15 is 0 Å². The summed E-state index contributed by atoms with van der Waals surface area (Å²) < 4.78 is 18.5. The molecule has 1 amide bonds. The lowest BCUT2D eigenvalue weighted by molar-refractivity contribution is -0.150. The van der Waals surface area contributed by atoms with E-state index < -0.39 is 6.17 Å². The summed E-state index contributed by atoms with van der Waals surface area (Å²) in [5.41, 5.74) is 0.790. The lowest BCUT2D eigenvalue weighted by Gasteiger charge is -2.40. The molecule has 3 unspecified atom stereocenters. The number of esters is 1. The predicted octanol–water partition coefficient (Wildman–Crippen LogP) is 3.36. The minimum Gasteiger partial charge on any atom is -0.469 e. The number of carbonyl (C=O) groups excluding carboxylic acids is 2. The van der Waals surface area contributed by atoms with Gasteiger partial charge in [-0.25, -0.2) is 4.39 Å². The molecule has 1 aromatic rings. The Morgan fingerprint density at radius 1 is 1.21 bits per heavy atom. The molecule has 3 atom stereocenters. The van der Waals surface area contributed by atoms with Crippen LogP contribution < -0.4 is 0 Å². The Morgan fingerprint density at radius 2 is 2.00 bits per heavy atom. The molecule has 0 bridgehead atoms. The molecule has 2 fully saturated rings. The fraction of sp³-hybridized carbons (Fsp3) is 0.600. The second-order valence-electron chi connectivity index (χ2n) is 7.56. The molecule has 28 heavy (non-hydrogen) atoms. The highest BCUT2D eigenvalue weighted by molar-refractivity contribution is 6.42. The molecule has 154 valence electrons. The third-order valence-electron chi connectivity index (χ3n) is 5.59. The molecule has 0 saturated carbocycles. The zero-order valence-corrected chi connectivity index (χ0v) is 17.4. The number of amides is 1. The van der Waals surface area contributed by atoms with Crippen molar-refractivity contribution >= 4 is 35.1 Å². The van der Waals surface area contributed by atoms with Crippen molar-refractivity contribution in [3.63, 3.8) is 0 Å². The fourth-order valence-corrected chi connectivity index (χ4v) is 4.43. The standard InChI is InChI=1S/C20H25Cl2FN2O3/c1-28-20(27)14-4-7-25(16(10-14)12-24-6-5-15(23)11-24)19(26)9-13-2-3-17(21)18(22)8-13/h2-3,8,14-16H,4-7,9-12H2,1H3. The van der Waals surface area contributed by atoms with E-state index in [2.05, 4.69) is 0 Å². The first-order valence-electron chi connectivity index (χ1n) is 9.55. The quantitative estimate of drug-likeness (QED) is 0.671. The van der Waals surface area contributed by atoms with Crippen LogP contribution in [0.1, 0.15) is 24.8 Å². The van der Waals surface area contributed by atoms with Crippen molar-refractivity contribution in [1.29, 1.82) is 0 Å². The molecular formula is C20H25Cl2FN2O3. The lowest BCUT2D eigenvalue weighted by Crippen LogP contribution is -2.52. The van der Waals surface area contributed by atoms with Gasteiger partial charge in [0.25, 0.3) is 0 Å². The molecule has 5 nitrogen and oxygen atoms in total. The Hall–Kier alpha value is -1.37. The Balaban J connectivity index is 1.70. The Kier molecular flexibility index (Phi) is 7.18. The summed E-state index contributed by atoms with van der Waals surface area (Å²) in [4.78, 5) is 28.9. The molecule has 1 aromatic carbocycles. The van der Waals surface area contributed by atoms with Crippen molar-refractivity contribution in [2.45, 2.75) is 37.9 Å². The summed E-state index contributed by atoms with van der Waals surface area (Å²) in [6.07, 6.45) is 1.02. The molecule has 0 radical (unpaired) electrons. The molecule has 2 heterocycles. The number of piperidine rings is 1. The number of likely N-dealkylation sites (tertiary alicyclic amines) is 2. The molecule has 2 aliphatic heterocycles. The van der Waals surface area contributed by atoms with Crippen LogP contribution in [-0.4, -0.2) is 67.2 Å². The number of hydrogen-bond donors (Lipinski definition) is 0. The summed E-state index contributed by atoms with van der Waals surface area (Å²) in [7, 11) is 1.38. The van der Waals surface area contributed by atoms with Gasteiger partial charge in [-0.3, -0.25) is 14.5 Å². The van der Waals surface area contributed by atoms with Gasteiger partial charge in [-0.2, -0.15) is 0 Å². The van der Waals surface area contributed by atoms with Crippen molar-refractivity contribution in [3.8, 4) is 0 Å². The summed E-state index contributed by atoms with van der Waals surface area (Å²) in [5.74, 6) is -0.498. The lowest BCUT2D eigenvalue weighted by atomic mass is 9.90. The monoisotopic (exact) mass is 430 g/mol. The molecule has 0 aliphatic carbocycles. The van der Waals surface area contributed by atoms with Crippen LogP contribution in [0.4, 0.5) is 4.39 Å². The number of benzene rings is 1. The normalized spacial score (nSPS) is 25.7. The van der Waals surface area contributed by atoms with Crippen LogP contribution in [-0.2, 0) is 20.7 Å². The molecule has 3 rings (SSSR count). The molecule has 0 aromatic heterocycles. The van der Waals surface area contributed by atoms with Gasteiger partial charge < -0.3 is 9.64 Å². The SMILES string of the molecule is COC(=O)C1CCN(C(=O)Cc2ccc(Cl)c(Cl)c2)C(CN2CCC(F)C2)C1. The summed E-state index contributed by atoms with van der Waals surface area (Å²) in [6.45, 7) is 2.11. The van der Waals surface area contributed by atoms with E-state index in [1.54, 1.807) is 18.2 Å². The minimum atomic E-state index is -0.819. The Labute approximate surface area is 174 Å². The first-order valence-corrected chi connectivity index (χ1v) is 10.3. The number of hydrogen-bond acceptors (Lipinski definition) is 4. The molecule has 2 aliphatic rings. The van der Waals surface area contributed by atoms with Gasteiger partial charge in [-0.1, -0.05) is 29.3 Å². The average molecular weight is 431 g/mol. The van der Waals surface area contributed by atoms with Gasteiger partial charge in [0.2, 0.25) is 5.91 Å². The highest BCUT2D eigenvalue weighted by atomic mass is 35.5. The predicted molar refractivity (Wildman–Crippen MR) is 106 cm³/mol. The molecule has 0 N–H and O–H groups in total. The number of rotatable bonds is 5. The first-order chi connectivity index (χ1) is 13.4. The van der Waals surface area contributed by atoms with E-state index in [-0.39, 0.29) is 30.3 Å². The highest BCUT2D eigenvalue weighted by Gasteiger charge is 2.37. The topological polar surface area (TPSA) is 49.9 Å². The van der Waals surface area contributed by atoms with Gasteiger partial charge in [0.1, 0.15) is 6.17 Å². The van der Waals surface area contributed by atoms with Crippen molar-refractivity contribution < 1.29 is 18.7 Å². The first kappa shape index (κ1) is 21.3. The van der Waals surface area contributed by atoms with Crippen LogP contribution in [0.5, 0.6) is 0 Å². The summed E-state index contributed by atoms with van der Waals surface area (Å²) >= 11 is 12.0. The third kappa shape index (κ3) is 5.16. The van der Waals surface area contributed by atoms with Crippen molar-refractivity contribution in [3.05, 3.63) is 33.8 Å². The highest BCUT2D eigenvalue weighted by Crippen LogP contribution is 2.28. The second-order valence-corrected chi connectivity index (χ2v) is 8.37. The summed E-state index contributed by atoms with van der Waals surface area (Å²) in [5, 5.41) is 0.864. The van der Waals surface area contributed by atoms with Crippen LogP contribution in [0, 0.1) is 5.92 Å². The van der Waals surface area contributed by atoms with Crippen molar-refractivity contribution in [2.24, 2.45) is 5.92 Å². The van der Waals surface area contributed by atoms with Gasteiger partial charge in [-0.05, 0) is 37.0 Å². The van der Waals surface area contributed by atoms with Gasteiger partial charge in [-0.15, -0.1) is 0 Å². The van der Waals surface area contributed by atoms with Crippen molar-refractivity contribution in [2.75, 3.05) is 33.3 Å². The summed E-state index contributed by atoms with van der Waals surface area (Å²) in [6, 6.07) is 5.03. The fourth-order valence-electron chi connectivity index (χ4n) is 4.11. The largest absolute Gasteiger partial charge is 0.469 e. The van der Waals surface area contributed by atoms with Gasteiger partial charge in [0, 0.05) is 32.2 Å². The van der Waals surface area contributed by atoms with Crippen LogP contribution in [0.25, 0.3) is 0 Å². The Morgan fingerprint density at radius 3 is 2.64 bits per heavy atom. The van der Waals surface area contributed by atoms with E-state index in [4.69, 9.17) is 27.9 Å². The van der Waals surface area contributed by atoms with E-state index in [1.165, 1.54) is 7.11 Å². The maximum atomic E-state index is 13.6. The van der Waals surface area contributed by atoms with Crippen LogP contribution in [0.2, 0.25) is 10.0 Å². The smallest absolute Gasteiger partial charge is 0.308 e. The van der Waals surface area contributed by atoms with E-state index in [0.717, 1.165) is 5.56 Å². The maximum Gasteiger partial charge on any atom is 0.308 e. The average Bonchev–Trinajstić information content (AvgIpc) is 3.08. The zero-order valence-electron chi connectivity index (χ0n) is 15.9. The second kappa shape index (κ2) is 9.42. The third-order valence-corrected chi connectivity index (χ3v) is 6.33. The molecular weight excluding hydrogens is 406 g/mol. The number of carbonyl (C=O) groups is 2.